The van der Waals surface area contributed by atoms with Crippen molar-refractivity contribution in [2.75, 3.05) is 12.4 Å². The van der Waals surface area contributed by atoms with Gasteiger partial charge in [-0.25, -0.2) is 0 Å². The van der Waals surface area contributed by atoms with Gasteiger partial charge >= 0.3 is 0 Å². The molecule has 0 aromatic heterocycles. The number of carbonyl (C=O) groups excluding carboxylic acids is 1. The van der Waals surface area contributed by atoms with Crippen molar-refractivity contribution >= 4 is 34.2 Å². The van der Waals surface area contributed by atoms with Crippen LogP contribution >= 0.6 is 22.6 Å². The number of hydrogen-bond donors (Lipinski definition) is 1. The van der Waals surface area contributed by atoms with Gasteiger partial charge in [-0.15, -0.1) is 0 Å². The third kappa shape index (κ3) is 4.63. The predicted octanol–water partition coefficient (Wildman–Crippen LogP) is 3.71. The Bertz CT molecular complexity index is 596. The highest BCUT2D eigenvalue weighted by molar-refractivity contribution is 14.1. The SMILES string of the molecule is COc1ccc(O[C@@H](C)C(=O)Nc2ccc(I)cc2)cc1. The number of rotatable bonds is 5. The van der Waals surface area contributed by atoms with Gasteiger partial charge in [0.1, 0.15) is 11.5 Å². The van der Waals surface area contributed by atoms with Gasteiger partial charge in [0.2, 0.25) is 0 Å². The van der Waals surface area contributed by atoms with Gasteiger partial charge in [-0.3, -0.25) is 4.79 Å². The van der Waals surface area contributed by atoms with Crippen LogP contribution in [-0.4, -0.2) is 19.1 Å². The number of benzene rings is 2. The van der Waals surface area contributed by atoms with E-state index in [4.69, 9.17) is 9.47 Å². The predicted molar refractivity (Wildman–Crippen MR) is 90.9 cm³/mol. The molecule has 0 spiro atoms. The zero-order chi connectivity index (χ0) is 15.2. The minimum atomic E-state index is -0.585. The molecule has 5 heteroatoms. The molecular formula is C16H16INO3. The van der Waals surface area contributed by atoms with Crippen LogP contribution in [0.25, 0.3) is 0 Å². The average molecular weight is 397 g/mol. The van der Waals surface area contributed by atoms with E-state index in [1.165, 1.54) is 0 Å². The first-order valence-electron chi connectivity index (χ1n) is 6.45. The highest BCUT2D eigenvalue weighted by Gasteiger charge is 2.14. The Balaban J connectivity index is 1.93. The van der Waals surface area contributed by atoms with Crippen LogP contribution in [0.5, 0.6) is 11.5 Å². The van der Waals surface area contributed by atoms with E-state index in [1.54, 1.807) is 38.3 Å². The maximum atomic E-state index is 12.1. The zero-order valence-corrected chi connectivity index (χ0v) is 14.0. The summed E-state index contributed by atoms with van der Waals surface area (Å²) in [5.41, 5.74) is 0.755. The Hall–Kier alpha value is -1.76. The van der Waals surface area contributed by atoms with Crippen molar-refractivity contribution in [3.63, 3.8) is 0 Å². The van der Waals surface area contributed by atoms with Gasteiger partial charge in [0.05, 0.1) is 7.11 Å². The molecule has 0 aliphatic carbocycles. The molecule has 1 N–H and O–H groups in total. The highest BCUT2D eigenvalue weighted by Crippen LogP contribution is 2.18. The number of methoxy groups -OCH3 is 1. The number of anilines is 1. The Morgan fingerprint density at radius 3 is 2.19 bits per heavy atom. The van der Waals surface area contributed by atoms with Gasteiger partial charge in [-0.2, -0.15) is 0 Å². The molecule has 0 saturated carbocycles. The largest absolute Gasteiger partial charge is 0.497 e. The summed E-state index contributed by atoms with van der Waals surface area (Å²) in [6.07, 6.45) is -0.585. The molecule has 21 heavy (non-hydrogen) atoms. The fraction of sp³-hybridized carbons (Fsp3) is 0.188. The van der Waals surface area contributed by atoms with E-state index in [0.717, 1.165) is 15.0 Å². The molecule has 0 unspecified atom stereocenters. The van der Waals surface area contributed by atoms with Crippen molar-refractivity contribution in [1.82, 2.24) is 0 Å². The van der Waals surface area contributed by atoms with Crippen LogP contribution in [0.1, 0.15) is 6.92 Å². The third-order valence-electron chi connectivity index (χ3n) is 2.85. The highest BCUT2D eigenvalue weighted by atomic mass is 127. The van der Waals surface area contributed by atoms with E-state index in [0.29, 0.717) is 5.75 Å². The molecule has 0 aliphatic heterocycles. The standard InChI is InChI=1S/C16H16INO3/c1-11(21-15-9-7-14(20-2)8-10-15)16(19)18-13-5-3-12(17)4-6-13/h3-11H,1-2H3,(H,18,19)/t11-/m0/s1. The van der Waals surface area contributed by atoms with Crippen molar-refractivity contribution < 1.29 is 14.3 Å². The fourth-order valence-electron chi connectivity index (χ4n) is 1.69. The van der Waals surface area contributed by atoms with Crippen molar-refractivity contribution in [3.05, 3.63) is 52.1 Å². The molecule has 0 fully saturated rings. The minimum Gasteiger partial charge on any atom is -0.497 e. The molecule has 2 aromatic rings. The lowest BCUT2D eigenvalue weighted by Gasteiger charge is -2.15. The molecule has 1 amide bonds. The lowest BCUT2D eigenvalue weighted by molar-refractivity contribution is -0.122. The monoisotopic (exact) mass is 397 g/mol. The zero-order valence-electron chi connectivity index (χ0n) is 11.8. The molecule has 0 bridgehead atoms. The van der Waals surface area contributed by atoms with E-state index in [2.05, 4.69) is 27.9 Å². The van der Waals surface area contributed by atoms with Gasteiger partial charge in [0.15, 0.2) is 6.10 Å². The number of amides is 1. The smallest absolute Gasteiger partial charge is 0.265 e. The topological polar surface area (TPSA) is 47.6 Å². The van der Waals surface area contributed by atoms with E-state index in [1.807, 2.05) is 24.3 Å². The van der Waals surface area contributed by atoms with Crippen LogP contribution in [0.15, 0.2) is 48.5 Å². The summed E-state index contributed by atoms with van der Waals surface area (Å²) >= 11 is 2.22. The first-order chi connectivity index (χ1) is 10.1. The third-order valence-corrected chi connectivity index (χ3v) is 3.57. The molecule has 0 radical (unpaired) electrons. The second kappa shape index (κ2) is 7.31. The summed E-state index contributed by atoms with van der Waals surface area (Å²) in [7, 11) is 1.60. The van der Waals surface area contributed by atoms with Crippen LogP contribution in [-0.2, 0) is 4.79 Å². The summed E-state index contributed by atoms with van der Waals surface area (Å²) in [4.78, 5) is 12.1. The number of nitrogens with one attached hydrogen (secondary N) is 1. The Kier molecular flexibility index (Phi) is 5.44. The normalized spacial score (nSPS) is 11.6. The summed E-state index contributed by atoms with van der Waals surface area (Å²) in [5, 5.41) is 2.82. The first-order valence-corrected chi connectivity index (χ1v) is 7.53. The van der Waals surface area contributed by atoms with Crippen molar-refractivity contribution in [2.45, 2.75) is 13.0 Å². The van der Waals surface area contributed by atoms with Gasteiger partial charge in [-0.05, 0) is 78.0 Å². The van der Waals surface area contributed by atoms with Crippen molar-refractivity contribution in [3.8, 4) is 11.5 Å². The molecular weight excluding hydrogens is 381 g/mol. The van der Waals surface area contributed by atoms with Crippen LogP contribution in [0.2, 0.25) is 0 Å². The molecule has 0 saturated heterocycles. The Morgan fingerprint density at radius 2 is 1.62 bits per heavy atom. The molecule has 0 heterocycles. The van der Waals surface area contributed by atoms with Crippen LogP contribution in [0.4, 0.5) is 5.69 Å². The number of carbonyl (C=O) groups is 1. The summed E-state index contributed by atoms with van der Waals surface area (Å²) in [5.74, 6) is 1.19. The Labute approximate surface area is 137 Å². The molecule has 0 aliphatic rings. The van der Waals surface area contributed by atoms with Crippen LogP contribution in [0.3, 0.4) is 0 Å². The van der Waals surface area contributed by atoms with Crippen molar-refractivity contribution in [2.24, 2.45) is 0 Å². The second-order valence-corrected chi connectivity index (χ2v) is 5.68. The molecule has 110 valence electrons. The van der Waals surface area contributed by atoms with Gasteiger partial charge in [0.25, 0.3) is 5.91 Å². The molecule has 4 nitrogen and oxygen atoms in total. The lowest BCUT2D eigenvalue weighted by atomic mass is 10.3. The van der Waals surface area contributed by atoms with Crippen molar-refractivity contribution in [1.29, 1.82) is 0 Å². The molecule has 2 rings (SSSR count). The minimum absolute atomic E-state index is 0.188. The molecule has 2 aromatic carbocycles. The number of ether oxygens (including phenoxy) is 2. The van der Waals surface area contributed by atoms with Crippen LogP contribution < -0.4 is 14.8 Å². The summed E-state index contributed by atoms with van der Waals surface area (Å²) < 4.78 is 11.8. The summed E-state index contributed by atoms with van der Waals surface area (Å²) in [6.45, 7) is 1.71. The molecule has 1 atom stereocenters. The summed E-state index contributed by atoms with van der Waals surface area (Å²) in [6, 6.07) is 14.7. The second-order valence-electron chi connectivity index (χ2n) is 4.43. The van der Waals surface area contributed by atoms with E-state index in [-0.39, 0.29) is 5.91 Å². The van der Waals surface area contributed by atoms with E-state index in [9.17, 15) is 4.79 Å². The Morgan fingerprint density at radius 1 is 1.05 bits per heavy atom. The fourth-order valence-corrected chi connectivity index (χ4v) is 2.05. The maximum absolute atomic E-state index is 12.1. The van der Waals surface area contributed by atoms with E-state index < -0.39 is 6.10 Å². The number of hydrogen-bond acceptors (Lipinski definition) is 3. The van der Waals surface area contributed by atoms with E-state index >= 15 is 0 Å². The lowest BCUT2D eigenvalue weighted by Crippen LogP contribution is -2.30. The van der Waals surface area contributed by atoms with Gasteiger partial charge in [0, 0.05) is 9.26 Å². The first kappa shape index (κ1) is 15.6. The maximum Gasteiger partial charge on any atom is 0.265 e. The van der Waals surface area contributed by atoms with Crippen LogP contribution in [0, 0.1) is 3.57 Å². The average Bonchev–Trinajstić information content (AvgIpc) is 2.50. The van der Waals surface area contributed by atoms with Gasteiger partial charge in [-0.1, -0.05) is 0 Å². The van der Waals surface area contributed by atoms with Gasteiger partial charge < -0.3 is 14.8 Å². The number of halogens is 1. The quantitative estimate of drug-likeness (QED) is 0.783.